The Bertz CT molecular complexity index is 923. The van der Waals surface area contributed by atoms with Crippen LogP contribution in [0.3, 0.4) is 0 Å². The maximum absolute atomic E-state index is 12.7. The van der Waals surface area contributed by atoms with Gasteiger partial charge in [0.05, 0.1) is 19.1 Å². The fraction of sp³-hybridized carbons (Fsp3) is 0.346. The molecule has 1 aliphatic heterocycles. The highest BCUT2D eigenvalue weighted by atomic mass is 16.3. The Kier molecular flexibility index (Phi) is 6.85. The van der Waals surface area contributed by atoms with Crippen LogP contribution < -0.4 is 0 Å². The first kappa shape index (κ1) is 21.3. The van der Waals surface area contributed by atoms with E-state index in [-0.39, 0.29) is 11.9 Å². The molecule has 3 aromatic rings. The van der Waals surface area contributed by atoms with Crippen LogP contribution >= 0.6 is 0 Å². The minimum Gasteiger partial charge on any atom is -0.464 e. The number of hydrogen-bond donors (Lipinski definition) is 0. The molecule has 0 saturated carbocycles. The van der Waals surface area contributed by atoms with E-state index < -0.39 is 0 Å². The minimum absolute atomic E-state index is 0.130. The van der Waals surface area contributed by atoms with E-state index in [4.69, 9.17) is 4.42 Å². The molecule has 0 N–H and O–H groups in total. The number of nitrogens with zero attached hydrogens (tertiary/aromatic N) is 3. The molecule has 0 spiro atoms. The number of benzene rings is 2. The second-order valence-corrected chi connectivity index (χ2v) is 8.30. The Labute approximate surface area is 184 Å². The van der Waals surface area contributed by atoms with Crippen molar-refractivity contribution in [2.24, 2.45) is 0 Å². The topological polar surface area (TPSA) is 39.9 Å². The molecule has 1 amide bonds. The van der Waals surface area contributed by atoms with E-state index in [2.05, 4.69) is 70.5 Å². The standard InChI is InChI=1S/C26H31N3O2/c1-21-13-14-24(31-21)19-27(2)25(30)20-28-15-17-29(18-16-28)26(22-9-5-3-6-10-22)23-11-7-4-8-12-23/h3-14,26H,15-20H2,1-2H3. The van der Waals surface area contributed by atoms with Crippen molar-refractivity contribution in [2.45, 2.75) is 19.5 Å². The van der Waals surface area contributed by atoms with Crippen molar-refractivity contribution in [3.05, 3.63) is 95.4 Å². The summed E-state index contributed by atoms with van der Waals surface area (Å²) in [5.41, 5.74) is 2.62. The van der Waals surface area contributed by atoms with Crippen LogP contribution in [0.1, 0.15) is 28.7 Å². The van der Waals surface area contributed by atoms with E-state index in [9.17, 15) is 4.79 Å². The van der Waals surface area contributed by atoms with Crippen molar-refractivity contribution in [2.75, 3.05) is 39.8 Å². The lowest BCUT2D eigenvalue weighted by Crippen LogP contribution is -2.50. The number of hydrogen-bond acceptors (Lipinski definition) is 4. The molecule has 5 heteroatoms. The number of likely N-dealkylation sites (N-methyl/N-ethyl adjacent to an activating group) is 1. The molecule has 4 rings (SSSR count). The quantitative estimate of drug-likeness (QED) is 0.584. The molecule has 1 fully saturated rings. The van der Waals surface area contributed by atoms with Gasteiger partial charge in [-0.2, -0.15) is 0 Å². The lowest BCUT2D eigenvalue weighted by Gasteiger charge is -2.39. The maximum atomic E-state index is 12.7. The Morgan fingerprint density at radius 1 is 0.903 bits per heavy atom. The zero-order valence-corrected chi connectivity index (χ0v) is 18.4. The van der Waals surface area contributed by atoms with Gasteiger partial charge in [-0.15, -0.1) is 0 Å². The van der Waals surface area contributed by atoms with Crippen molar-refractivity contribution in [3.8, 4) is 0 Å². The summed E-state index contributed by atoms with van der Waals surface area (Å²) < 4.78 is 5.60. The lowest BCUT2D eigenvalue weighted by atomic mass is 9.96. The molecule has 162 valence electrons. The van der Waals surface area contributed by atoms with Crippen molar-refractivity contribution in [3.63, 3.8) is 0 Å². The van der Waals surface area contributed by atoms with Crippen LogP contribution in [0.2, 0.25) is 0 Å². The number of furan rings is 1. The molecular weight excluding hydrogens is 386 g/mol. The van der Waals surface area contributed by atoms with Gasteiger partial charge in [0.2, 0.25) is 5.91 Å². The third kappa shape index (κ3) is 5.43. The predicted molar refractivity (Wildman–Crippen MR) is 123 cm³/mol. The molecule has 1 aliphatic rings. The van der Waals surface area contributed by atoms with E-state index in [1.807, 2.05) is 26.1 Å². The SMILES string of the molecule is Cc1ccc(CN(C)C(=O)CN2CCN(C(c3ccccc3)c3ccccc3)CC2)o1. The molecule has 31 heavy (non-hydrogen) atoms. The molecule has 0 atom stereocenters. The Balaban J connectivity index is 1.36. The van der Waals surface area contributed by atoms with E-state index in [1.165, 1.54) is 11.1 Å². The smallest absolute Gasteiger partial charge is 0.236 e. The molecule has 0 bridgehead atoms. The molecule has 5 nitrogen and oxygen atoms in total. The summed E-state index contributed by atoms with van der Waals surface area (Å²) >= 11 is 0. The van der Waals surface area contributed by atoms with Crippen LogP contribution in [0.25, 0.3) is 0 Å². The first-order valence-electron chi connectivity index (χ1n) is 11.0. The van der Waals surface area contributed by atoms with Crippen molar-refractivity contribution >= 4 is 5.91 Å². The fourth-order valence-corrected chi connectivity index (χ4v) is 4.27. The number of carbonyl (C=O) groups excluding carboxylic acids is 1. The number of carbonyl (C=O) groups is 1. The first-order chi connectivity index (χ1) is 15.1. The van der Waals surface area contributed by atoms with Gasteiger partial charge in [-0.25, -0.2) is 0 Å². The summed E-state index contributed by atoms with van der Waals surface area (Å²) in [4.78, 5) is 19.2. The highest BCUT2D eigenvalue weighted by molar-refractivity contribution is 5.77. The maximum Gasteiger partial charge on any atom is 0.236 e. The van der Waals surface area contributed by atoms with E-state index in [1.54, 1.807) is 4.90 Å². The zero-order chi connectivity index (χ0) is 21.6. The van der Waals surface area contributed by atoms with Crippen LogP contribution in [-0.4, -0.2) is 60.4 Å². The molecular formula is C26H31N3O2. The molecule has 2 heterocycles. The third-order valence-corrected chi connectivity index (χ3v) is 5.98. The predicted octanol–water partition coefficient (Wildman–Crippen LogP) is 3.95. The van der Waals surface area contributed by atoms with Crippen LogP contribution in [0.4, 0.5) is 0 Å². The summed E-state index contributed by atoms with van der Waals surface area (Å²) in [5, 5.41) is 0. The van der Waals surface area contributed by atoms with Gasteiger partial charge in [0.25, 0.3) is 0 Å². The number of piperazine rings is 1. The normalized spacial score (nSPS) is 15.3. The lowest BCUT2D eigenvalue weighted by molar-refractivity contribution is -0.132. The number of amides is 1. The summed E-state index contributed by atoms with van der Waals surface area (Å²) in [6, 6.07) is 25.5. The van der Waals surface area contributed by atoms with E-state index in [0.29, 0.717) is 13.1 Å². The average molecular weight is 418 g/mol. The van der Waals surface area contributed by atoms with E-state index >= 15 is 0 Å². The van der Waals surface area contributed by atoms with Crippen LogP contribution in [-0.2, 0) is 11.3 Å². The fourth-order valence-electron chi connectivity index (χ4n) is 4.27. The second-order valence-electron chi connectivity index (χ2n) is 8.30. The zero-order valence-electron chi connectivity index (χ0n) is 18.4. The highest BCUT2D eigenvalue weighted by Crippen LogP contribution is 2.29. The van der Waals surface area contributed by atoms with Crippen molar-refractivity contribution < 1.29 is 9.21 Å². The monoisotopic (exact) mass is 417 g/mol. The van der Waals surface area contributed by atoms with E-state index in [0.717, 1.165) is 37.7 Å². The first-order valence-corrected chi connectivity index (χ1v) is 11.0. The average Bonchev–Trinajstić information content (AvgIpc) is 3.21. The number of aryl methyl sites for hydroxylation is 1. The highest BCUT2D eigenvalue weighted by Gasteiger charge is 2.27. The van der Waals surface area contributed by atoms with Crippen LogP contribution in [0.5, 0.6) is 0 Å². The summed E-state index contributed by atoms with van der Waals surface area (Å²) in [7, 11) is 1.84. The largest absolute Gasteiger partial charge is 0.464 e. The Morgan fingerprint density at radius 3 is 2.00 bits per heavy atom. The molecule has 0 unspecified atom stereocenters. The minimum atomic E-state index is 0.130. The van der Waals surface area contributed by atoms with Crippen LogP contribution in [0, 0.1) is 6.92 Å². The van der Waals surface area contributed by atoms with Gasteiger partial charge < -0.3 is 9.32 Å². The Hall–Kier alpha value is -2.89. The summed E-state index contributed by atoms with van der Waals surface area (Å²) in [5.74, 6) is 1.83. The van der Waals surface area contributed by atoms with Gasteiger partial charge in [0.15, 0.2) is 0 Å². The molecule has 0 radical (unpaired) electrons. The van der Waals surface area contributed by atoms with Gasteiger partial charge in [0, 0.05) is 33.2 Å². The Morgan fingerprint density at radius 2 is 1.48 bits per heavy atom. The van der Waals surface area contributed by atoms with Gasteiger partial charge in [-0.05, 0) is 30.2 Å². The molecule has 1 aromatic heterocycles. The van der Waals surface area contributed by atoms with Gasteiger partial charge >= 0.3 is 0 Å². The molecule has 2 aromatic carbocycles. The molecule has 0 aliphatic carbocycles. The van der Waals surface area contributed by atoms with Gasteiger partial charge in [-0.3, -0.25) is 14.6 Å². The molecule has 1 saturated heterocycles. The van der Waals surface area contributed by atoms with Gasteiger partial charge in [0.1, 0.15) is 11.5 Å². The number of rotatable bonds is 7. The van der Waals surface area contributed by atoms with Crippen molar-refractivity contribution in [1.29, 1.82) is 0 Å². The third-order valence-electron chi connectivity index (χ3n) is 5.98. The second kappa shape index (κ2) is 9.94. The van der Waals surface area contributed by atoms with Crippen LogP contribution in [0.15, 0.2) is 77.2 Å². The summed E-state index contributed by atoms with van der Waals surface area (Å²) in [6.07, 6.45) is 0. The summed E-state index contributed by atoms with van der Waals surface area (Å²) in [6.45, 7) is 6.52. The van der Waals surface area contributed by atoms with Gasteiger partial charge in [-0.1, -0.05) is 60.7 Å². The van der Waals surface area contributed by atoms with Crippen molar-refractivity contribution in [1.82, 2.24) is 14.7 Å².